The highest BCUT2D eigenvalue weighted by atomic mass is 19.2. The SMILES string of the molecule is Nc1ccccc1Oc1c(F)c(F)c(F)c(F)c1F. The lowest BCUT2D eigenvalue weighted by Crippen LogP contribution is -2.04. The molecule has 19 heavy (non-hydrogen) atoms. The third-order valence-electron chi connectivity index (χ3n) is 2.30. The van der Waals surface area contributed by atoms with Crippen molar-refractivity contribution in [1.82, 2.24) is 0 Å². The molecule has 100 valence electrons. The zero-order chi connectivity index (χ0) is 14.2. The van der Waals surface area contributed by atoms with E-state index in [1.165, 1.54) is 24.3 Å². The van der Waals surface area contributed by atoms with Gasteiger partial charge in [-0.25, -0.2) is 13.2 Å². The minimum Gasteiger partial charge on any atom is -0.449 e. The van der Waals surface area contributed by atoms with E-state index in [0.717, 1.165) is 0 Å². The third-order valence-corrected chi connectivity index (χ3v) is 2.30. The van der Waals surface area contributed by atoms with Gasteiger partial charge in [0.2, 0.25) is 34.8 Å². The molecule has 2 aromatic rings. The van der Waals surface area contributed by atoms with E-state index in [9.17, 15) is 22.0 Å². The van der Waals surface area contributed by atoms with Crippen LogP contribution in [-0.2, 0) is 0 Å². The first-order valence-electron chi connectivity index (χ1n) is 4.97. The summed E-state index contributed by atoms with van der Waals surface area (Å²) in [5, 5.41) is 0. The van der Waals surface area contributed by atoms with Gasteiger partial charge in [-0.05, 0) is 12.1 Å². The molecule has 7 heteroatoms. The molecule has 0 aliphatic carbocycles. The zero-order valence-corrected chi connectivity index (χ0v) is 9.18. The summed E-state index contributed by atoms with van der Waals surface area (Å²) in [6, 6.07) is 5.52. The molecule has 0 saturated heterocycles. The van der Waals surface area contributed by atoms with E-state index in [-0.39, 0.29) is 11.4 Å². The van der Waals surface area contributed by atoms with E-state index in [4.69, 9.17) is 5.73 Å². The number of benzene rings is 2. The second-order valence-electron chi connectivity index (χ2n) is 3.54. The first kappa shape index (κ1) is 13.1. The predicted molar refractivity (Wildman–Crippen MR) is 57.2 cm³/mol. The van der Waals surface area contributed by atoms with Gasteiger partial charge in [-0.1, -0.05) is 12.1 Å². The van der Waals surface area contributed by atoms with Crippen molar-refractivity contribution in [1.29, 1.82) is 0 Å². The van der Waals surface area contributed by atoms with Crippen molar-refractivity contribution in [2.75, 3.05) is 5.73 Å². The van der Waals surface area contributed by atoms with Gasteiger partial charge in [0.05, 0.1) is 5.69 Å². The third kappa shape index (κ3) is 2.18. The molecule has 0 atom stereocenters. The largest absolute Gasteiger partial charge is 0.449 e. The second kappa shape index (κ2) is 4.75. The van der Waals surface area contributed by atoms with Gasteiger partial charge in [-0.2, -0.15) is 8.78 Å². The summed E-state index contributed by atoms with van der Waals surface area (Å²) in [6.45, 7) is 0. The summed E-state index contributed by atoms with van der Waals surface area (Å²) in [6.07, 6.45) is 0. The maximum Gasteiger partial charge on any atom is 0.207 e. The minimum atomic E-state index is -2.25. The summed E-state index contributed by atoms with van der Waals surface area (Å²) in [7, 11) is 0. The number of halogens is 5. The normalized spacial score (nSPS) is 10.6. The average Bonchev–Trinajstić information content (AvgIpc) is 2.41. The average molecular weight is 275 g/mol. The van der Waals surface area contributed by atoms with Crippen molar-refractivity contribution in [2.45, 2.75) is 0 Å². The molecule has 0 fully saturated rings. The van der Waals surface area contributed by atoms with Crippen LogP contribution in [0.15, 0.2) is 24.3 Å². The number of hydrogen-bond donors (Lipinski definition) is 1. The molecule has 0 radical (unpaired) electrons. The monoisotopic (exact) mass is 275 g/mol. The van der Waals surface area contributed by atoms with Crippen LogP contribution in [0.4, 0.5) is 27.6 Å². The Labute approximate surface area is 104 Å². The maximum atomic E-state index is 13.3. The smallest absolute Gasteiger partial charge is 0.207 e. The number of ether oxygens (including phenoxy) is 1. The van der Waals surface area contributed by atoms with E-state index in [1.807, 2.05) is 0 Å². The van der Waals surface area contributed by atoms with Crippen LogP contribution in [0.2, 0.25) is 0 Å². The molecule has 0 aliphatic rings. The van der Waals surface area contributed by atoms with E-state index in [1.54, 1.807) is 0 Å². The highest BCUT2D eigenvalue weighted by Gasteiger charge is 2.27. The molecule has 2 aromatic carbocycles. The molecule has 0 aromatic heterocycles. The standard InChI is InChI=1S/C12H6F5NO/c13-7-8(14)10(16)12(11(17)9(7)15)19-6-4-2-1-3-5(6)18/h1-4H,18H2. The Morgan fingerprint density at radius 3 is 1.74 bits per heavy atom. The molecule has 2 N–H and O–H groups in total. The maximum absolute atomic E-state index is 13.3. The molecule has 2 nitrogen and oxygen atoms in total. The van der Waals surface area contributed by atoms with Crippen molar-refractivity contribution in [3.63, 3.8) is 0 Å². The van der Waals surface area contributed by atoms with E-state index < -0.39 is 34.8 Å². The van der Waals surface area contributed by atoms with Gasteiger partial charge in [0.1, 0.15) is 0 Å². The molecule has 0 amide bonds. The number of anilines is 1. The highest BCUT2D eigenvalue weighted by Crippen LogP contribution is 2.34. The molecular weight excluding hydrogens is 269 g/mol. The number of nitrogens with two attached hydrogens (primary N) is 1. The van der Waals surface area contributed by atoms with Crippen LogP contribution < -0.4 is 10.5 Å². The Bertz CT molecular complexity index is 615. The summed E-state index contributed by atoms with van der Waals surface area (Å²) < 4.78 is 70.0. The van der Waals surface area contributed by atoms with E-state index >= 15 is 0 Å². The van der Waals surface area contributed by atoms with Crippen LogP contribution in [0, 0.1) is 29.1 Å². The summed E-state index contributed by atoms with van der Waals surface area (Å²) in [4.78, 5) is 0. The number of hydrogen-bond acceptors (Lipinski definition) is 2. The highest BCUT2D eigenvalue weighted by molar-refractivity contribution is 5.53. The van der Waals surface area contributed by atoms with Crippen LogP contribution in [0.3, 0.4) is 0 Å². The zero-order valence-electron chi connectivity index (χ0n) is 9.18. The molecule has 0 aliphatic heterocycles. The number of nitrogen functional groups attached to an aromatic ring is 1. The Hall–Kier alpha value is -2.31. The van der Waals surface area contributed by atoms with Crippen LogP contribution >= 0.6 is 0 Å². The lowest BCUT2D eigenvalue weighted by atomic mass is 10.2. The van der Waals surface area contributed by atoms with Gasteiger partial charge in [-0.15, -0.1) is 0 Å². The molecule has 0 bridgehead atoms. The topological polar surface area (TPSA) is 35.2 Å². The molecule has 0 spiro atoms. The molecule has 0 unspecified atom stereocenters. The fourth-order valence-electron chi connectivity index (χ4n) is 1.36. The van der Waals surface area contributed by atoms with Crippen LogP contribution in [-0.4, -0.2) is 0 Å². The lowest BCUT2D eigenvalue weighted by Gasteiger charge is -2.11. The van der Waals surface area contributed by atoms with Gasteiger partial charge in [0, 0.05) is 0 Å². The predicted octanol–water partition coefficient (Wildman–Crippen LogP) is 3.76. The Balaban J connectivity index is 2.56. The first-order valence-corrected chi connectivity index (χ1v) is 4.97. The van der Waals surface area contributed by atoms with Crippen molar-refractivity contribution in [3.8, 4) is 11.5 Å². The minimum absolute atomic E-state index is 0.00792. The van der Waals surface area contributed by atoms with Crippen LogP contribution in [0.1, 0.15) is 0 Å². The first-order chi connectivity index (χ1) is 8.93. The van der Waals surface area contributed by atoms with E-state index in [0.29, 0.717) is 0 Å². The second-order valence-corrected chi connectivity index (χ2v) is 3.54. The van der Waals surface area contributed by atoms with Crippen molar-refractivity contribution < 1.29 is 26.7 Å². The number of rotatable bonds is 2. The van der Waals surface area contributed by atoms with Crippen molar-refractivity contribution in [3.05, 3.63) is 53.4 Å². The summed E-state index contributed by atoms with van der Waals surface area (Å²) >= 11 is 0. The fourth-order valence-corrected chi connectivity index (χ4v) is 1.36. The Morgan fingerprint density at radius 2 is 1.21 bits per heavy atom. The van der Waals surface area contributed by atoms with Gasteiger partial charge in [0.25, 0.3) is 0 Å². The molecule has 0 heterocycles. The van der Waals surface area contributed by atoms with Gasteiger partial charge in [0.15, 0.2) is 5.75 Å². The molecular formula is C12H6F5NO. The summed E-state index contributed by atoms with van der Waals surface area (Å²) in [5.41, 5.74) is 5.44. The van der Waals surface area contributed by atoms with Gasteiger partial charge >= 0.3 is 0 Å². The van der Waals surface area contributed by atoms with Crippen molar-refractivity contribution >= 4 is 5.69 Å². The fraction of sp³-hybridized carbons (Fsp3) is 0. The summed E-state index contributed by atoms with van der Waals surface area (Å²) in [5.74, 6) is -12.1. The van der Waals surface area contributed by atoms with Crippen molar-refractivity contribution in [2.24, 2.45) is 0 Å². The van der Waals surface area contributed by atoms with E-state index in [2.05, 4.69) is 4.74 Å². The quantitative estimate of drug-likeness (QED) is 0.392. The Kier molecular flexibility index (Phi) is 3.28. The van der Waals surface area contributed by atoms with Crippen LogP contribution in [0.5, 0.6) is 11.5 Å². The van der Waals surface area contributed by atoms with Gasteiger partial charge < -0.3 is 10.5 Å². The van der Waals surface area contributed by atoms with Gasteiger partial charge in [-0.3, -0.25) is 0 Å². The molecule has 2 rings (SSSR count). The number of para-hydroxylation sites is 2. The molecule has 0 saturated carbocycles. The van der Waals surface area contributed by atoms with Crippen LogP contribution in [0.25, 0.3) is 0 Å². The lowest BCUT2D eigenvalue weighted by molar-refractivity contribution is 0.332. The Morgan fingerprint density at radius 1 is 0.737 bits per heavy atom.